The lowest BCUT2D eigenvalue weighted by Gasteiger charge is -2.10. The average Bonchev–Trinajstić information content (AvgIpc) is 2.97. The molecular weight excluding hydrogens is 631 g/mol. The van der Waals surface area contributed by atoms with Crippen LogP contribution in [0.2, 0.25) is 10.0 Å². The summed E-state index contributed by atoms with van der Waals surface area (Å²) in [5.74, 6) is -0.411. The molecule has 0 aliphatic heterocycles. The van der Waals surface area contributed by atoms with Gasteiger partial charge in [0.1, 0.15) is 6.61 Å². The van der Waals surface area contributed by atoms with E-state index in [-0.39, 0.29) is 18.0 Å². The van der Waals surface area contributed by atoms with Crippen LogP contribution in [0.5, 0.6) is 5.75 Å². The molecule has 11 heteroatoms. The highest BCUT2D eigenvalue weighted by Crippen LogP contribution is 2.37. The van der Waals surface area contributed by atoms with Crippen LogP contribution in [0.4, 0.5) is 5.69 Å². The Balaban J connectivity index is 1.37. The molecule has 0 bridgehead atoms. The molecule has 0 unspecified atom stereocenters. The predicted octanol–water partition coefficient (Wildman–Crippen LogP) is 8.22. The Morgan fingerprint density at radius 1 is 1.00 bits per heavy atom. The van der Waals surface area contributed by atoms with Crippen molar-refractivity contribution in [3.05, 3.63) is 132 Å². The standard InChI is InChI=1S/C30H19BrCl2N4O4/c31-23-12-19(14-28(37(39)40)29(23)41-17-18-10-11-24(32)25(33)13-18)16-34-36-30(38)22-15-27(20-6-2-1-3-7-20)35-26-9-5-4-8-21(22)26/h1-16H,17H2,(H,36,38)/b34-16-. The summed E-state index contributed by atoms with van der Waals surface area (Å²) in [5, 5.41) is 17.3. The van der Waals surface area contributed by atoms with Gasteiger partial charge in [-0.1, -0.05) is 77.8 Å². The molecule has 0 aliphatic carbocycles. The largest absolute Gasteiger partial charge is 0.481 e. The molecule has 41 heavy (non-hydrogen) atoms. The van der Waals surface area contributed by atoms with Crippen molar-refractivity contribution >= 4 is 67.8 Å². The number of hydrazone groups is 1. The SMILES string of the molecule is O=C(N/N=C\c1cc(Br)c(OCc2ccc(Cl)c(Cl)c2)c([N+](=O)[O-])c1)c1cc(-c2ccccc2)nc2ccccc12. The first kappa shape index (κ1) is 28.2. The van der Waals surface area contributed by atoms with Crippen molar-refractivity contribution in [2.45, 2.75) is 6.61 Å². The Kier molecular flexibility index (Phi) is 8.58. The highest BCUT2D eigenvalue weighted by Gasteiger charge is 2.21. The number of ether oxygens (including phenoxy) is 1. The summed E-state index contributed by atoms with van der Waals surface area (Å²) >= 11 is 15.3. The summed E-state index contributed by atoms with van der Waals surface area (Å²) in [5.41, 5.74) is 5.88. The van der Waals surface area contributed by atoms with Crippen LogP contribution in [0.3, 0.4) is 0 Å². The van der Waals surface area contributed by atoms with Gasteiger partial charge in [0.25, 0.3) is 5.91 Å². The van der Waals surface area contributed by atoms with Crippen LogP contribution in [-0.2, 0) is 6.61 Å². The number of nitrogens with zero attached hydrogens (tertiary/aromatic N) is 3. The third kappa shape index (κ3) is 6.54. The van der Waals surface area contributed by atoms with Crippen LogP contribution >= 0.6 is 39.1 Å². The van der Waals surface area contributed by atoms with E-state index < -0.39 is 10.8 Å². The number of hydrogen-bond acceptors (Lipinski definition) is 6. The molecule has 0 atom stereocenters. The first-order valence-corrected chi connectivity index (χ1v) is 13.7. The quantitative estimate of drug-likeness (QED) is 0.104. The first-order valence-electron chi connectivity index (χ1n) is 12.1. The van der Waals surface area contributed by atoms with E-state index in [0.29, 0.717) is 47.8 Å². The summed E-state index contributed by atoms with van der Waals surface area (Å²) in [6.45, 7) is 0.0324. The number of rotatable bonds is 8. The molecule has 8 nitrogen and oxygen atoms in total. The third-order valence-electron chi connectivity index (χ3n) is 6.02. The summed E-state index contributed by atoms with van der Waals surface area (Å²) in [6.07, 6.45) is 1.32. The molecule has 1 N–H and O–H groups in total. The normalized spacial score (nSPS) is 11.1. The number of aromatic nitrogens is 1. The van der Waals surface area contributed by atoms with Gasteiger partial charge in [-0.3, -0.25) is 14.9 Å². The van der Waals surface area contributed by atoms with Gasteiger partial charge < -0.3 is 4.74 Å². The molecule has 0 spiro atoms. The minimum atomic E-state index is -0.556. The van der Waals surface area contributed by atoms with Crippen LogP contribution in [0.15, 0.2) is 101 Å². The molecule has 0 fully saturated rings. The summed E-state index contributed by atoms with van der Waals surface area (Å²) in [6, 6.07) is 26.5. The Morgan fingerprint density at radius 2 is 1.76 bits per heavy atom. The Bertz CT molecular complexity index is 1820. The second-order valence-electron chi connectivity index (χ2n) is 8.78. The summed E-state index contributed by atoms with van der Waals surface area (Å²) in [4.78, 5) is 29.1. The van der Waals surface area contributed by atoms with Gasteiger partial charge in [-0.25, -0.2) is 10.4 Å². The number of amides is 1. The van der Waals surface area contributed by atoms with E-state index in [1.807, 2.05) is 54.6 Å². The zero-order valence-electron chi connectivity index (χ0n) is 21.1. The average molecular weight is 650 g/mol. The summed E-state index contributed by atoms with van der Waals surface area (Å²) in [7, 11) is 0. The molecule has 5 aromatic rings. The van der Waals surface area contributed by atoms with Gasteiger partial charge >= 0.3 is 5.69 Å². The maximum Gasteiger partial charge on any atom is 0.312 e. The van der Waals surface area contributed by atoms with Crippen LogP contribution in [0.25, 0.3) is 22.2 Å². The lowest BCUT2D eigenvalue weighted by atomic mass is 10.0. The van der Waals surface area contributed by atoms with E-state index in [0.717, 1.165) is 5.56 Å². The number of fused-ring (bicyclic) bond motifs is 1. The predicted molar refractivity (Wildman–Crippen MR) is 164 cm³/mol. The highest BCUT2D eigenvalue weighted by atomic mass is 79.9. The van der Waals surface area contributed by atoms with Crippen molar-refractivity contribution in [3.8, 4) is 17.0 Å². The van der Waals surface area contributed by atoms with Gasteiger partial charge in [-0.05, 0) is 51.8 Å². The number of nitro groups is 1. The zero-order chi connectivity index (χ0) is 28.9. The fourth-order valence-corrected chi connectivity index (χ4v) is 4.99. The Hall–Kier alpha value is -4.31. The second kappa shape index (κ2) is 12.5. The second-order valence-corrected chi connectivity index (χ2v) is 10.5. The van der Waals surface area contributed by atoms with Crippen molar-refractivity contribution in [1.82, 2.24) is 10.4 Å². The number of nitrogens with one attached hydrogen (secondary N) is 1. The van der Waals surface area contributed by atoms with Crippen LogP contribution < -0.4 is 10.2 Å². The van der Waals surface area contributed by atoms with Gasteiger partial charge in [-0.15, -0.1) is 0 Å². The Morgan fingerprint density at radius 3 is 2.51 bits per heavy atom. The number of nitro benzene ring substituents is 1. The molecule has 4 aromatic carbocycles. The third-order valence-corrected chi connectivity index (χ3v) is 7.35. The fraction of sp³-hybridized carbons (Fsp3) is 0.0333. The number of benzene rings is 4. The molecular formula is C30H19BrCl2N4O4. The maximum atomic E-state index is 13.2. The van der Waals surface area contributed by atoms with Gasteiger partial charge in [0.15, 0.2) is 0 Å². The monoisotopic (exact) mass is 648 g/mol. The molecule has 0 aliphatic rings. The summed E-state index contributed by atoms with van der Waals surface area (Å²) < 4.78 is 6.08. The van der Waals surface area contributed by atoms with E-state index in [2.05, 4.69) is 26.5 Å². The number of hydrogen-bond donors (Lipinski definition) is 1. The number of halogens is 3. The van der Waals surface area contributed by atoms with Crippen LogP contribution in [0, 0.1) is 10.1 Å². The van der Waals surface area contributed by atoms with Crippen LogP contribution in [-0.4, -0.2) is 22.0 Å². The molecule has 0 saturated carbocycles. The molecule has 0 radical (unpaired) electrons. The molecule has 1 heterocycles. The van der Waals surface area contributed by atoms with E-state index in [1.54, 1.807) is 30.3 Å². The molecule has 204 valence electrons. The zero-order valence-corrected chi connectivity index (χ0v) is 24.2. The number of carbonyl (C=O) groups is 1. The van der Waals surface area contributed by atoms with E-state index in [4.69, 9.17) is 32.9 Å². The topological polar surface area (TPSA) is 107 Å². The highest BCUT2D eigenvalue weighted by molar-refractivity contribution is 9.10. The molecule has 5 rings (SSSR count). The number of para-hydroxylation sites is 1. The van der Waals surface area contributed by atoms with Gasteiger partial charge in [0.05, 0.1) is 42.4 Å². The van der Waals surface area contributed by atoms with Crippen molar-refractivity contribution in [3.63, 3.8) is 0 Å². The van der Waals surface area contributed by atoms with Crippen molar-refractivity contribution in [2.75, 3.05) is 0 Å². The van der Waals surface area contributed by atoms with Crippen molar-refractivity contribution in [2.24, 2.45) is 5.10 Å². The van der Waals surface area contributed by atoms with Crippen molar-refractivity contribution in [1.29, 1.82) is 0 Å². The first-order chi connectivity index (χ1) is 19.8. The minimum absolute atomic E-state index is 0.0324. The number of carbonyl (C=O) groups excluding carboxylic acids is 1. The maximum absolute atomic E-state index is 13.2. The minimum Gasteiger partial charge on any atom is -0.481 e. The van der Waals surface area contributed by atoms with Crippen molar-refractivity contribution < 1.29 is 14.5 Å². The molecule has 1 amide bonds. The van der Waals surface area contributed by atoms with Crippen LogP contribution in [0.1, 0.15) is 21.5 Å². The van der Waals surface area contributed by atoms with E-state index in [1.165, 1.54) is 12.3 Å². The van der Waals surface area contributed by atoms with E-state index in [9.17, 15) is 14.9 Å². The lowest BCUT2D eigenvalue weighted by Crippen LogP contribution is -2.18. The van der Waals surface area contributed by atoms with E-state index >= 15 is 0 Å². The van der Waals surface area contributed by atoms with Gasteiger partial charge in [-0.2, -0.15) is 5.10 Å². The smallest absolute Gasteiger partial charge is 0.312 e. The Labute approximate surface area is 252 Å². The number of pyridine rings is 1. The van der Waals surface area contributed by atoms with Gasteiger partial charge in [0.2, 0.25) is 5.75 Å². The lowest BCUT2D eigenvalue weighted by molar-refractivity contribution is -0.386. The van der Waals surface area contributed by atoms with Gasteiger partial charge in [0, 0.05) is 22.6 Å². The molecule has 0 saturated heterocycles. The molecule has 1 aromatic heterocycles. The fourth-order valence-electron chi connectivity index (χ4n) is 4.08.